The zero-order chi connectivity index (χ0) is 14.5. The fourth-order valence-corrected chi connectivity index (χ4v) is 2.98. The first-order valence-corrected chi connectivity index (χ1v) is 7.88. The topological polar surface area (TPSA) is 54.5 Å². The summed E-state index contributed by atoms with van der Waals surface area (Å²) in [6, 6.07) is 4.07. The fourth-order valence-electron chi connectivity index (χ4n) is 2.98. The summed E-state index contributed by atoms with van der Waals surface area (Å²) in [5.41, 5.74) is 1.12. The average molecular weight is 289 g/mol. The highest BCUT2D eigenvalue weighted by Gasteiger charge is 2.21. The maximum Gasteiger partial charge on any atom is 0.223 e. The van der Waals surface area contributed by atoms with Crippen LogP contribution in [0.2, 0.25) is 0 Å². The zero-order valence-corrected chi connectivity index (χ0v) is 12.4. The van der Waals surface area contributed by atoms with Gasteiger partial charge >= 0.3 is 0 Å². The highest BCUT2D eigenvalue weighted by Crippen LogP contribution is 2.19. The number of hydrogen-bond donors (Lipinski definition) is 1. The van der Waals surface area contributed by atoms with Crippen LogP contribution in [0, 0.1) is 5.92 Å². The number of rotatable bonds is 4. The lowest BCUT2D eigenvalue weighted by molar-refractivity contribution is -0.128. The largest absolute Gasteiger partial charge is 0.381 e. The van der Waals surface area contributed by atoms with Gasteiger partial charge in [-0.1, -0.05) is 0 Å². The molecule has 0 atom stereocenters. The van der Waals surface area contributed by atoms with E-state index in [0.29, 0.717) is 19.8 Å². The van der Waals surface area contributed by atoms with Crippen molar-refractivity contribution in [2.24, 2.45) is 5.92 Å². The van der Waals surface area contributed by atoms with Crippen LogP contribution < -0.4 is 10.2 Å². The molecular formula is C16H23N3O2. The number of nitrogens with zero attached hydrogens (tertiary/aromatic N) is 2. The third kappa shape index (κ3) is 3.73. The predicted octanol–water partition coefficient (Wildman–Crippen LogP) is 1.72. The SMILES string of the molecule is O=C(NCc1ccnc(N2CCCC2)c1)C1CCOCC1. The number of aromatic nitrogens is 1. The van der Waals surface area contributed by atoms with E-state index < -0.39 is 0 Å². The molecule has 2 aliphatic heterocycles. The minimum Gasteiger partial charge on any atom is -0.381 e. The molecule has 0 spiro atoms. The summed E-state index contributed by atoms with van der Waals surface area (Å²) in [6.07, 6.45) is 5.99. The summed E-state index contributed by atoms with van der Waals surface area (Å²) in [6.45, 7) is 4.16. The van der Waals surface area contributed by atoms with Gasteiger partial charge in [0.2, 0.25) is 5.91 Å². The molecule has 1 N–H and O–H groups in total. The number of nitrogens with one attached hydrogen (secondary N) is 1. The van der Waals surface area contributed by atoms with Crippen LogP contribution in [-0.4, -0.2) is 37.2 Å². The van der Waals surface area contributed by atoms with Gasteiger partial charge in [-0.15, -0.1) is 0 Å². The molecule has 114 valence electrons. The number of ether oxygens (including phenoxy) is 1. The van der Waals surface area contributed by atoms with Gasteiger partial charge in [0.15, 0.2) is 0 Å². The van der Waals surface area contributed by atoms with Gasteiger partial charge in [0.1, 0.15) is 5.82 Å². The maximum absolute atomic E-state index is 12.1. The molecule has 0 saturated carbocycles. The number of carbonyl (C=O) groups is 1. The number of pyridine rings is 1. The van der Waals surface area contributed by atoms with E-state index in [1.807, 2.05) is 12.3 Å². The Kier molecular flexibility index (Phi) is 4.70. The molecule has 0 radical (unpaired) electrons. The molecule has 1 aromatic rings. The quantitative estimate of drug-likeness (QED) is 0.917. The lowest BCUT2D eigenvalue weighted by Crippen LogP contribution is -2.33. The van der Waals surface area contributed by atoms with E-state index in [-0.39, 0.29) is 11.8 Å². The molecule has 0 aromatic carbocycles. The third-order valence-electron chi connectivity index (χ3n) is 4.30. The van der Waals surface area contributed by atoms with Gasteiger partial charge in [-0.05, 0) is 43.4 Å². The van der Waals surface area contributed by atoms with Crippen molar-refractivity contribution < 1.29 is 9.53 Å². The number of hydrogen-bond acceptors (Lipinski definition) is 4. The average Bonchev–Trinajstić information content (AvgIpc) is 3.08. The highest BCUT2D eigenvalue weighted by molar-refractivity contribution is 5.78. The van der Waals surface area contributed by atoms with Crippen LogP contribution >= 0.6 is 0 Å². The Morgan fingerprint density at radius 3 is 2.86 bits per heavy atom. The minimum absolute atomic E-state index is 0.110. The van der Waals surface area contributed by atoms with Gasteiger partial charge in [-0.25, -0.2) is 4.98 Å². The molecule has 5 nitrogen and oxygen atoms in total. The van der Waals surface area contributed by atoms with E-state index >= 15 is 0 Å². The van der Waals surface area contributed by atoms with Crippen LogP contribution in [-0.2, 0) is 16.1 Å². The second-order valence-corrected chi connectivity index (χ2v) is 5.82. The second-order valence-electron chi connectivity index (χ2n) is 5.82. The van der Waals surface area contributed by atoms with Crippen molar-refractivity contribution in [1.82, 2.24) is 10.3 Å². The number of anilines is 1. The molecule has 5 heteroatoms. The van der Waals surface area contributed by atoms with Crippen molar-refractivity contribution >= 4 is 11.7 Å². The van der Waals surface area contributed by atoms with Crippen molar-refractivity contribution in [1.29, 1.82) is 0 Å². The number of carbonyl (C=O) groups excluding carboxylic acids is 1. The zero-order valence-electron chi connectivity index (χ0n) is 12.4. The molecule has 0 aliphatic carbocycles. The predicted molar refractivity (Wildman–Crippen MR) is 81.1 cm³/mol. The highest BCUT2D eigenvalue weighted by atomic mass is 16.5. The molecule has 0 unspecified atom stereocenters. The lowest BCUT2D eigenvalue weighted by Gasteiger charge is -2.21. The molecule has 1 aromatic heterocycles. The van der Waals surface area contributed by atoms with E-state index in [1.54, 1.807) is 0 Å². The minimum atomic E-state index is 0.110. The molecule has 21 heavy (non-hydrogen) atoms. The molecule has 2 saturated heterocycles. The summed E-state index contributed by atoms with van der Waals surface area (Å²) in [7, 11) is 0. The smallest absolute Gasteiger partial charge is 0.223 e. The Morgan fingerprint density at radius 2 is 2.10 bits per heavy atom. The molecule has 2 fully saturated rings. The first-order valence-electron chi connectivity index (χ1n) is 7.88. The van der Waals surface area contributed by atoms with Gasteiger partial charge < -0.3 is 15.0 Å². The van der Waals surface area contributed by atoms with Crippen molar-refractivity contribution in [2.75, 3.05) is 31.2 Å². The number of amides is 1. The normalized spacial score (nSPS) is 19.7. The van der Waals surface area contributed by atoms with Crippen molar-refractivity contribution in [2.45, 2.75) is 32.2 Å². The van der Waals surface area contributed by atoms with Crippen LogP contribution in [0.4, 0.5) is 5.82 Å². The van der Waals surface area contributed by atoms with E-state index in [1.165, 1.54) is 12.8 Å². The van der Waals surface area contributed by atoms with Crippen molar-refractivity contribution in [3.8, 4) is 0 Å². The van der Waals surface area contributed by atoms with Gasteiger partial charge in [0, 0.05) is 45.0 Å². The molecule has 3 heterocycles. The Balaban J connectivity index is 1.54. The van der Waals surface area contributed by atoms with Crippen LogP contribution in [0.3, 0.4) is 0 Å². The molecule has 0 bridgehead atoms. The van der Waals surface area contributed by atoms with E-state index in [2.05, 4.69) is 21.3 Å². The summed E-state index contributed by atoms with van der Waals surface area (Å²) in [4.78, 5) is 18.9. The van der Waals surface area contributed by atoms with Crippen LogP contribution in [0.1, 0.15) is 31.2 Å². The van der Waals surface area contributed by atoms with Crippen molar-refractivity contribution in [3.63, 3.8) is 0 Å². The van der Waals surface area contributed by atoms with Gasteiger partial charge in [-0.3, -0.25) is 4.79 Å². The Morgan fingerprint density at radius 1 is 1.33 bits per heavy atom. The Hall–Kier alpha value is -1.62. The van der Waals surface area contributed by atoms with E-state index in [4.69, 9.17) is 4.74 Å². The summed E-state index contributed by atoms with van der Waals surface area (Å²) >= 11 is 0. The first-order chi connectivity index (χ1) is 10.3. The molecule has 3 rings (SSSR count). The summed E-state index contributed by atoms with van der Waals surface area (Å²) < 4.78 is 5.29. The molecule has 2 aliphatic rings. The molecule has 1 amide bonds. The van der Waals surface area contributed by atoms with Crippen LogP contribution in [0.15, 0.2) is 18.3 Å². The van der Waals surface area contributed by atoms with Crippen molar-refractivity contribution in [3.05, 3.63) is 23.9 Å². The van der Waals surface area contributed by atoms with Gasteiger partial charge in [-0.2, -0.15) is 0 Å². The van der Waals surface area contributed by atoms with Gasteiger partial charge in [0.05, 0.1) is 0 Å². The lowest BCUT2D eigenvalue weighted by atomic mass is 9.99. The monoisotopic (exact) mass is 289 g/mol. The summed E-state index contributed by atoms with van der Waals surface area (Å²) in [5, 5.41) is 3.05. The summed E-state index contributed by atoms with van der Waals surface area (Å²) in [5.74, 6) is 1.29. The maximum atomic E-state index is 12.1. The van der Waals surface area contributed by atoms with E-state index in [0.717, 1.165) is 37.3 Å². The van der Waals surface area contributed by atoms with E-state index in [9.17, 15) is 4.79 Å². The Bertz CT molecular complexity index is 480. The third-order valence-corrected chi connectivity index (χ3v) is 4.30. The fraction of sp³-hybridized carbons (Fsp3) is 0.625. The molecular weight excluding hydrogens is 266 g/mol. The van der Waals surface area contributed by atoms with Crippen LogP contribution in [0.5, 0.6) is 0 Å². The second kappa shape index (κ2) is 6.89. The Labute approximate surface area is 125 Å². The van der Waals surface area contributed by atoms with Gasteiger partial charge in [0.25, 0.3) is 0 Å². The first kappa shape index (κ1) is 14.3. The standard InChI is InChI=1S/C16H23N3O2/c20-16(14-4-9-21-10-5-14)18-12-13-3-6-17-15(11-13)19-7-1-2-8-19/h3,6,11,14H,1-2,4-5,7-10,12H2,(H,18,20). The van der Waals surface area contributed by atoms with Crippen LogP contribution in [0.25, 0.3) is 0 Å².